The van der Waals surface area contributed by atoms with Crippen molar-refractivity contribution < 1.29 is 23.8 Å². The zero-order valence-electron chi connectivity index (χ0n) is 14.2. The van der Waals surface area contributed by atoms with Crippen LogP contribution in [0.15, 0.2) is 36.4 Å². The Kier molecular flexibility index (Phi) is 5.24. The van der Waals surface area contributed by atoms with Gasteiger partial charge in [0.25, 0.3) is 0 Å². The zero-order chi connectivity index (χ0) is 17.9. The van der Waals surface area contributed by atoms with E-state index in [9.17, 15) is 14.3 Å². The van der Waals surface area contributed by atoms with Gasteiger partial charge in [0.05, 0.1) is 25.4 Å². The van der Waals surface area contributed by atoms with Crippen molar-refractivity contribution in [1.82, 2.24) is 0 Å². The Morgan fingerprint density at radius 3 is 2.42 bits per heavy atom. The molecular formula is C19H21FO4. The Labute approximate surface area is 140 Å². The summed E-state index contributed by atoms with van der Waals surface area (Å²) in [5.41, 5.74) is 0.936. The van der Waals surface area contributed by atoms with Gasteiger partial charge in [-0.15, -0.1) is 0 Å². The van der Waals surface area contributed by atoms with Crippen molar-refractivity contribution in [3.63, 3.8) is 0 Å². The minimum atomic E-state index is -1.02. The summed E-state index contributed by atoms with van der Waals surface area (Å²) >= 11 is 0. The molecule has 0 spiro atoms. The van der Waals surface area contributed by atoms with Gasteiger partial charge in [-0.3, -0.25) is 0 Å². The highest BCUT2D eigenvalue weighted by molar-refractivity contribution is 5.90. The lowest BCUT2D eigenvalue weighted by Crippen LogP contribution is -2.22. The van der Waals surface area contributed by atoms with Crippen molar-refractivity contribution in [1.29, 1.82) is 0 Å². The van der Waals surface area contributed by atoms with Gasteiger partial charge in [-0.05, 0) is 55.3 Å². The third-order valence-electron chi connectivity index (χ3n) is 3.61. The van der Waals surface area contributed by atoms with Crippen molar-refractivity contribution in [3.8, 4) is 16.9 Å². The molecule has 0 saturated carbocycles. The van der Waals surface area contributed by atoms with Gasteiger partial charge in [0.15, 0.2) is 0 Å². The molecule has 0 bridgehead atoms. The van der Waals surface area contributed by atoms with E-state index in [1.54, 1.807) is 38.1 Å². The molecule has 0 heterocycles. The molecule has 0 saturated heterocycles. The Morgan fingerprint density at radius 1 is 1.12 bits per heavy atom. The summed E-state index contributed by atoms with van der Waals surface area (Å²) in [7, 11) is 2.81. The number of esters is 1. The number of carbonyl (C=O) groups is 1. The lowest BCUT2D eigenvalue weighted by Gasteiger charge is -2.20. The number of methoxy groups -OCH3 is 2. The first kappa shape index (κ1) is 17.9. The van der Waals surface area contributed by atoms with E-state index in [0.717, 1.165) is 0 Å². The number of hydrogen-bond acceptors (Lipinski definition) is 4. The van der Waals surface area contributed by atoms with Crippen molar-refractivity contribution >= 4 is 5.97 Å². The highest BCUT2D eigenvalue weighted by Gasteiger charge is 2.20. The van der Waals surface area contributed by atoms with E-state index in [-0.39, 0.29) is 6.42 Å². The average Bonchev–Trinajstić information content (AvgIpc) is 2.53. The Balaban J connectivity index is 2.62. The smallest absolute Gasteiger partial charge is 0.337 e. The van der Waals surface area contributed by atoms with Gasteiger partial charge in [0, 0.05) is 12.0 Å². The number of hydrogen-bond donors (Lipinski definition) is 1. The van der Waals surface area contributed by atoms with E-state index in [0.29, 0.717) is 28.0 Å². The van der Waals surface area contributed by atoms with Crippen molar-refractivity contribution in [2.75, 3.05) is 14.2 Å². The van der Waals surface area contributed by atoms with Crippen LogP contribution in [0.2, 0.25) is 0 Å². The van der Waals surface area contributed by atoms with E-state index >= 15 is 0 Å². The summed E-state index contributed by atoms with van der Waals surface area (Å²) in [6.45, 7) is 3.31. The van der Waals surface area contributed by atoms with E-state index in [4.69, 9.17) is 9.47 Å². The standard InChI is InChI=1S/C19H21FO4/c1-19(2,22)11-13-9-12(18(21)24-4)5-7-15(13)16-10-14(23-3)6-8-17(16)20/h5-10,22H,11H2,1-4H3. The first-order chi connectivity index (χ1) is 11.2. The molecule has 0 aromatic heterocycles. The minimum Gasteiger partial charge on any atom is -0.497 e. The average molecular weight is 332 g/mol. The third-order valence-corrected chi connectivity index (χ3v) is 3.61. The highest BCUT2D eigenvalue weighted by atomic mass is 19.1. The number of rotatable bonds is 5. The van der Waals surface area contributed by atoms with Gasteiger partial charge >= 0.3 is 5.97 Å². The van der Waals surface area contributed by atoms with E-state index < -0.39 is 17.4 Å². The molecule has 0 amide bonds. The number of ether oxygens (including phenoxy) is 2. The molecule has 0 fully saturated rings. The molecule has 0 radical (unpaired) electrons. The topological polar surface area (TPSA) is 55.8 Å². The predicted molar refractivity (Wildman–Crippen MR) is 89.7 cm³/mol. The Bertz CT molecular complexity index is 748. The molecule has 4 nitrogen and oxygen atoms in total. The minimum absolute atomic E-state index is 0.254. The predicted octanol–water partition coefficient (Wildman–Crippen LogP) is 3.60. The van der Waals surface area contributed by atoms with Crippen LogP contribution in [0.4, 0.5) is 4.39 Å². The van der Waals surface area contributed by atoms with Crippen LogP contribution >= 0.6 is 0 Å². The maximum Gasteiger partial charge on any atom is 0.337 e. The summed E-state index contributed by atoms with van der Waals surface area (Å²) < 4.78 is 24.2. The molecular weight excluding hydrogens is 311 g/mol. The molecule has 0 aliphatic carbocycles. The fraction of sp³-hybridized carbons (Fsp3) is 0.316. The second-order valence-electron chi connectivity index (χ2n) is 6.20. The summed E-state index contributed by atoms with van der Waals surface area (Å²) in [4.78, 5) is 11.8. The highest BCUT2D eigenvalue weighted by Crippen LogP contribution is 2.32. The quantitative estimate of drug-likeness (QED) is 0.850. The number of aliphatic hydroxyl groups is 1. The van der Waals surface area contributed by atoms with Crippen LogP contribution in [0.25, 0.3) is 11.1 Å². The van der Waals surface area contributed by atoms with Gasteiger partial charge in [-0.2, -0.15) is 0 Å². The molecule has 5 heteroatoms. The molecule has 2 aromatic rings. The van der Waals surface area contributed by atoms with Gasteiger partial charge in [-0.25, -0.2) is 9.18 Å². The van der Waals surface area contributed by atoms with Crippen LogP contribution in [0.1, 0.15) is 29.8 Å². The largest absolute Gasteiger partial charge is 0.497 e. The molecule has 0 unspecified atom stereocenters. The van der Waals surface area contributed by atoms with Crippen LogP contribution in [0, 0.1) is 5.82 Å². The third kappa shape index (κ3) is 4.11. The maximum absolute atomic E-state index is 14.3. The van der Waals surface area contributed by atoms with Crippen LogP contribution in [0.5, 0.6) is 5.75 Å². The first-order valence-corrected chi connectivity index (χ1v) is 7.52. The fourth-order valence-corrected chi connectivity index (χ4v) is 2.55. The van der Waals surface area contributed by atoms with E-state index in [1.807, 2.05) is 0 Å². The van der Waals surface area contributed by atoms with Crippen LogP contribution in [-0.4, -0.2) is 30.9 Å². The first-order valence-electron chi connectivity index (χ1n) is 7.52. The molecule has 1 N–H and O–H groups in total. The molecule has 2 rings (SSSR count). The van der Waals surface area contributed by atoms with Crippen LogP contribution in [0.3, 0.4) is 0 Å². The summed E-state index contributed by atoms with van der Waals surface area (Å²) in [5.74, 6) is -0.360. The molecule has 0 aliphatic heterocycles. The number of halogens is 1. The Hall–Kier alpha value is -2.40. The van der Waals surface area contributed by atoms with Gasteiger partial charge in [0.1, 0.15) is 11.6 Å². The summed E-state index contributed by atoms with van der Waals surface area (Å²) in [6.07, 6.45) is 0.254. The molecule has 0 atom stereocenters. The lowest BCUT2D eigenvalue weighted by atomic mass is 9.90. The van der Waals surface area contributed by atoms with Crippen molar-refractivity contribution in [3.05, 3.63) is 53.3 Å². The van der Waals surface area contributed by atoms with Crippen LogP contribution in [-0.2, 0) is 11.2 Å². The number of benzene rings is 2. The fourth-order valence-electron chi connectivity index (χ4n) is 2.55. The van der Waals surface area contributed by atoms with Crippen LogP contribution < -0.4 is 4.74 Å². The lowest BCUT2D eigenvalue weighted by molar-refractivity contribution is 0.0598. The Morgan fingerprint density at radius 2 is 1.83 bits per heavy atom. The van der Waals surface area contributed by atoms with Gasteiger partial charge in [-0.1, -0.05) is 6.07 Å². The molecule has 2 aromatic carbocycles. The zero-order valence-corrected chi connectivity index (χ0v) is 14.2. The maximum atomic E-state index is 14.3. The summed E-state index contributed by atoms with van der Waals surface area (Å²) in [6, 6.07) is 9.32. The SMILES string of the molecule is COC(=O)c1ccc(-c2cc(OC)ccc2F)c(CC(C)(C)O)c1. The van der Waals surface area contributed by atoms with E-state index in [1.165, 1.54) is 26.4 Å². The normalized spacial score (nSPS) is 11.2. The molecule has 0 aliphatic rings. The van der Waals surface area contributed by atoms with Gasteiger partial charge < -0.3 is 14.6 Å². The monoisotopic (exact) mass is 332 g/mol. The molecule has 24 heavy (non-hydrogen) atoms. The second-order valence-corrected chi connectivity index (χ2v) is 6.20. The van der Waals surface area contributed by atoms with Gasteiger partial charge in [0.2, 0.25) is 0 Å². The molecule has 128 valence electrons. The van der Waals surface area contributed by atoms with Crippen molar-refractivity contribution in [2.45, 2.75) is 25.9 Å². The number of carbonyl (C=O) groups excluding carboxylic acids is 1. The summed E-state index contributed by atoms with van der Waals surface area (Å²) in [5, 5.41) is 10.2. The second kappa shape index (κ2) is 7.01. The van der Waals surface area contributed by atoms with E-state index in [2.05, 4.69) is 0 Å². The van der Waals surface area contributed by atoms with Crippen molar-refractivity contribution in [2.24, 2.45) is 0 Å².